The number of rotatable bonds is 7. The predicted molar refractivity (Wildman–Crippen MR) is 122 cm³/mol. The van der Waals surface area contributed by atoms with Gasteiger partial charge in [0, 0.05) is 17.5 Å². The summed E-state index contributed by atoms with van der Waals surface area (Å²) in [5, 5.41) is 11.6. The van der Waals surface area contributed by atoms with Gasteiger partial charge in [0.05, 0.1) is 22.5 Å². The second-order valence-corrected chi connectivity index (χ2v) is 10.8. The van der Waals surface area contributed by atoms with Crippen LogP contribution in [0.15, 0.2) is 52.4 Å². The quantitative estimate of drug-likeness (QED) is 0.411. The number of aliphatic hydroxyl groups is 1. The van der Waals surface area contributed by atoms with Crippen LogP contribution in [-0.4, -0.2) is 37.0 Å². The Morgan fingerprint density at radius 3 is 2.77 bits per heavy atom. The molecule has 30 heavy (non-hydrogen) atoms. The fourth-order valence-corrected chi connectivity index (χ4v) is 6.35. The van der Waals surface area contributed by atoms with Crippen LogP contribution in [0.1, 0.15) is 17.0 Å². The zero-order chi connectivity index (χ0) is 21.3. The van der Waals surface area contributed by atoms with Crippen molar-refractivity contribution >= 4 is 55.2 Å². The van der Waals surface area contributed by atoms with E-state index in [9.17, 15) is 13.5 Å². The van der Waals surface area contributed by atoms with Crippen molar-refractivity contribution in [2.45, 2.75) is 24.8 Å². The number of nitrogens with zero attached hydrogens (tertiary/aromatic N) is 2. The third-order valence-electron chi connectivity index (χ3n) is 4.88. The van der Waals surface area contributed by atoms with Crippen LogP contribution in [-0.2, 0) is 16.7 Å². The lowest BCUT2D eigenvalue weighted by Gasteiger charge is -2.20. The molecule has 158 valence electrons. The van der Waals surface area contributed by atoms with E-state index in [1.54, 1.807) is 23.1 Å². The van der Waals surface area contributed by atoms with Gasteiger partial charge >= 0.3 is 0 Å². The van der Waals surface area contributed by atoms with Crippen LogP contribution in [0.4, 0.5) is 5.69 Å². The number of benzene rings is 2. The summed E-state index contributed by atoms with van der Waals surface area (Å²) in [6.07, 6.45) is 2.43. The Bertz CT molecular complexity index is 1220. The molecule has 0 aliphatic carbocycles. The summed E-state index contributed by atoms with van der Waals surface area (Å²) in [6.45, 7) is 3.07. The van der Waals surface area contributed by atoms with E-state index in [0.717, 1.165) is 36.4 Å². The van der Waals surface area contributed by atoms with Crippen molar-refractivity contribution in [2.75, 3.05) is 23.8 Å². The van der Waals surface area contributed by atoms with Crippen LogP contribution < -0.4 is 9.47 Å². The van der Waals surface area contributed by atoms with Gasteiger partial charge in [0.2, 0.25) is 5.52 Å². The van der Waals surface area contributed by atoms with Crippen LogP contribution >= 0.6 is 23.1 Å². The summed E-state index contributed by atoms with van der Waals surface area (Å²) in [6, 6.07) is 14.4. The smallest absolute Gasteiger partial charge is 0.265 e. The zero-order valence-corrected chi connectivity index (χ0v) is 18.9. The van der Waals surface area contributed by atoms with Crippen molar-refractivity contribution < 1.29 is 22.6 Å². The molecule has 2 N–H and O–H groups in total. The minimum atomic E-state index is -3.99. The molecule has 6 nitrogen and oxygen atoms in total. The Morgan fingerprint density at radius 1 is 1.20 bits per heavy atom. The van der Waals surface area contributed by atoms with E-state index in [0.29, 0.717) is 19.5 Å². The fourth-order valence-electron chi connectivity index (χ4n) is 3.55. The van der Waals surface area contributed by atoms with Gasteiger partial charge in [-0.2, -0.15) is 13.0 Å². The summed E-state index contributed by atoms with van der Waals surface area (Å²) in [5.74, 6) is -0.268. The average Bonchev–Trinajstić information content (AvgIpc) is 3.20. The number of para-hydroxylation sites is 1. The van der Waals surface area contributed by atoms with Gasteiger partial charge in [-0.15, -0.1) is 0 Å². The molecule has 0 radical (unpaired) electrons. The van der Waals surface area contributed by atoms with Crippen LogP contribution in [0.5, 0.6) is 0 Å². The SMILES string of the molecule is Cc1ccc2c(c1)N(CCCS(=O)(=O)O)/C(=C/c1sc3ccccc3[n+]1CCO)S2. The Balaban J connectivity index is 1.73. The number of aryl methyl sites for hydroxylation is 1. The molecular formula is C21H23N2O4S3+. The van der Waals surface area contributed by atoms with Gasteiger partial charge in [0.15, 0.2) is 6.54 Å². The van der Waals surface area contributed by atoms with E-state index in [4.69, 9.17) is 4.55 Å². The van der Waals surface area contributed by atoms with E-state index in [-0.39, 0.29) is 12.4 Å². The number of fused-ring (bicyclic) bond motifs is 2. The minimum absolute atomic E-state index is 0.0478. The molecule has 0 saturated heterocycles. The first-order valence-electron chi connectivity index (χ1n) is 9.61. The summed E-state index contributed by atoms with van der Waals surface area (Å²) in [4.78, 5) is 3.24. The normalized spacial score (nSPS) is 15.3. The average molecular weight is 464 g/mol. The Morgan fingerprint density at radius 2 is 2.00 bits per heavy atom. The lowest BCUT2D eigenvalue weighted by Crippen LogP contribution is -2.37. The lowest BCUT2D eigenvalue weighted by atomic mass is 10.2. The number of thiazole rings is 1. The fraction of sp³-hybridized carbons (Fsp3) is 0.286. The van der Waals surface area contributed by atoms with Gasteiger partial charge < -0.3 is 10.0 Å². The Labute approximate surface area is 184 Å². The van der Waals surface area contributed by atoms with E-state index >= 15 is 0 Å². The molecular weight excluding hydrogens is 440 g/mol. The summed E-state index contributed by atoms with van der Waals surface area (Å²) in [5.41, 5.74) is 3.27. The maximum atomic E-state index is 11.2. The van der Waals surface area contributed by atoms with Crippen molar-refractivity contribution in [3.63, 3.8) is 0 Å². The topological polar surface area (TPSA) is 81.7 Å². The van der Waals surface area contributed by atoms with Gasteiger partial charge in [-0.1, -0.05) is 41.3 Å². The van der Waals surface area contributed by atoms with Crippen molar-refractivity contribution in [1.29, 1.82) is 0 Å². The summed E-state index contributed by atoms with van der Waals surface area (Å²) >= 11 is 3.31. The summed E-state index contributed by atoms with van der Waals surface area (Å²) in [7, 11) is -3.99. The van der Waals surface area contributed by atoms with Crippen LogP contribution in [0.2, 0.25) is 0 Å². The van der Waals surface area contributed by atoms with Gasteiger partial charge in [-0.05, 0) is 37.1 Å². The molecule has 2 aromatic carbocycles. The van der Waals surface area contributed by atoms with E-state index in [2.05, 4.69) is 39.8 Å². The van der Waals surface area contributed by atoms with Crippen molar-refractivity contribution in [2.24, 2.45) is 0 Å². The molecule has 0 bridgehead atoms. The highest BCUT2D eigenvalue weighted by molar-refractivity contribution is 8.03. The lowest BCUT2D eigenvalue weighted by molar-refractivity contribution is -0.670. The first kappa shape index (κ1) is 21.3. The van der Waals surface area contributed by atoms with Crippen LogP contribution in [0.25, 0.3) is 16.3 Å². The molecule has 3 aromatic rings. The second-order valence-electron chi connectivity index (χ2n) is 7.13. The predicted octanol–water partition coefficient (Wildman–Crippen LogP) is 3.68. The number of hydrogen-bond donors (Lipinski definition) is 2. The first-order chi connectivity index (χ1) is 14.4. The van der Waals surface area contributed by atoms with Gasteiger partial charge in [0.25, 0.3) is 15.1 Å². The monoisotopic (exact) mass is 463 g/mol. The minimum Gasteiger partial charge on any atom is -0.390 e. The maximum absolute atomic E-state index is 11.2. The molecule has 9 heteroatoms. The summed E-state index contributed by atoms with van der Waals surface area (Å²) < 4.78 is 34.7. The molecule has 0 saturated carbocycles. The van der Waals surface area contributed by atoms with Crippen molar-refractivity contribution in [1.82, 2.24) is 0 Å². The van der Waals surface area contributed by atoms with Crippen LogP contribution in [0, 0.1) is 6.92 Å². The Kier molecular flexibility index (Phi) is 6.17. The number of anilines is 1. The first-order valence-corrected chi connectivity index (χ1v) is 12.8. The second kappa shape index (κ2) is 8.68. The van der Waals surface area contributed by atoms with E-state index in [1.807, 2.05) is 25.1 Å². The largest absolute Gasteiger partial charge is 0.390 e. The highest BCUT2D eigenvalue weighted by Crippen LogP contribution is 2.47. The zero-order valence-electron chi connectivity index (χ0n) is 16.5. The van der Waals surface area contributed by atoms with Gasteiger partial charge in [-0.25, -0.2) is 0 Å². The van der Waals surface area contributed by atoms with E-state index in [1.165, 1.54) is 0 Å². The van der Waals surface area contributed by atoms with Gasteiger partial charge in [0.1, 0.15) is 11.3 Å². The van der Waals surface area contributed by atoms with Crippen molar-refractivity contribution in [3.05, 3.63) is 58.1 Å². The highest BCUT2D eigenvalue weighted by atomic mass is 32.2. The number of thioether (sulfide) groups is 1. The number of aromatic nitrogens is 1. The number of aliphatic hydroxyl groups excluding tert-OH is 1. The molecule has 2 heterocycles. The van der Waals surface area contributed by atoms with Gasteiger partial charge in [-0.3, -0.25) is 4.55 Å². The molecule has 0 fully saturated rings. The highest BCUT2D eigenvalue weighted by Gasteiger charge is 2.28. The molecule has 4 rings (SSSR count). The molecule has 0 unspecified atom stereocenters. The molecule has 0 atom stereocenters. The standard InChI is InChI=1S/C21H22N2O4S3/c1-15-7-8-19-17(13-15)22(9-4-12-30(25,26)27)20(29-19)14-21-23(10-11-24)16-5-2-3-6-18(16)28-21/h2-3,5-8,13-14,24H,4,9-12H2,1H3/p+1. The maximum Gasteiger partial charge on any atom is 0.265 e. The van der Waals surface area contributed by atoms with Crippen LogP contribution in [0.3, 0.4) is 0 Å². The molecule has 0 spiro atoms. The molecule has 1 aliphatic rings. The Hall–Kier alpha value is -1.91. The van der Waals surface area contributed by atoms with E-state index < -0.39 is 10.1 Å². The molecule has 0 amide bonds. The molecule has 1 aliphatic heterocycles. The third kappa shape index (κ3) is 4.55. The number of hydrogen-bond acceptors (Lipinski definition) is 6. The molecule has 1 aromatic heterocycles. The van der Waals surface area contributed by atoms with Crippen molar-refractivity contribution in [3.8, 4) is 0 Å². The third-order valence-corrected chi connectivity index (χ3v) is 7.91.